The zero-order chi connectivity index (χ0) is 7.56. The van der Waals surface area contributed by atoms with Crippen LogP contribution in [0.2, 0.25) is 5.82 Å². The lowest BCUT2D eigenvalue weighted by Crippen LogP contribution is -2.31. The molecule has 0 spiro atoms. The number of hydrogen-bond donors (Lipinski definition) is 2. The van der Waals surface area contributed by atoms with Gasteiger partial charge >= 0.3 is 7.12 Å². The maximum atomic E-state index is 8.77. The van der Waals surface area contributed by atoms with E-state index in [1.807, 2.05) is 0 Å². The summed E-state index contributed by atoms with van der Waals surface area (Å²) in [7, 11) is -1.21. The van der Waals surface area contributed by atoms with Crippen LogP contribution in [-0.4, -0.2) is 30.4 Å². The summed E-state index contributed by atoms with van der Waals surface area (Å²) in [5, 5.41) is 17.5. The Morgan fingerprint density at radius 3 is 2.50 bits per heavy atom. The van der Waals surface area contributed by atoms with Crippen molar-refractivity contribution in [1.82, 2.24) is 0 Å². The van der Waals surface area contributed by atoms with E-state index in [4.69, 9.17) is 14.8 Å². The van der Waals surface area contributed by atoms with Gasteiger partial charge in [-0.1, -0.05) is 6.92 Å². The Morgan fingerprint density at radius 2 is 2.10 bits per heavy atom. The van der Waals surface area contributed by atoms with Gasteiger partial charge in [0.25, 0.3) is 0 Å². The Morgan fingerprint density at radius 1 is 1.40 bits per heavy atom. The molecule has 0 amide bonds. The van der Waals surface area contributed by atoms with Gasteiger partial charge in [0.1, 0.15) is 0 Å². The van der Waals surface area contributed by atoms with E-state index in [9.17, 15) is 0 Å². The normalized spacial score (nSPS) is 33.9. The molecule has 0 saturated carbocycles. The van der Waals surface area contributed by atoms with E-state index in [-0.39, 0.29) is 5.82 Å². The van der Waals surface area contributed by atoms with E-state index < -0.39 is 7.12 Å². The van der Waals surface area contributed by atoms with Crippen molar-refractivity contribution in [3.63, 3.8) is 0 Å². The van der Waals surface area contributed by atoms with E-state index >= 15 is 0 Å². The molecule has 1 aliphatic heterocycles. The number of rotatable bonds is 1. The van der Waals surface area contributed by atoms with Crippen LogP contribution in [0.4, 0.5) is 0 Å². The average Bonchev–Trinajstić information content (AvgIpc) is 1.88. The summed E-state index contributed by atoms with van der Waals surface area (Å²) < 4.78 is 5.14. The van der Waals surface area contributed by atoms with Crippen LogP contribution in [0.25, 0.3) is 0 Å². The van der Waals surface area contributed by atoms with Gasteiger partial charge in [0.05, 0.1) is 0 Å². The Bertz CT molecular complexity index is 107. The first-order valence-electron chi connectivity index (χ1n) is 3.64. The smallest absolute Gasteiger partial charge is 0.427 e. The molecule has 1 fully saturated rings. The summed E-state index contributed by atoms with van der Waals surface area (Å²) in [5.41, 5.74) is 0. The fourth-order valence-corrected chi connectivity index (χ4v) is 1.28. The van der Waals surface area contributed by atoms with Crippen molar-refractivity contribution in [2.75, 3.05) is 13.2 Å². The largest absolute Gasteiger partial charge is 0.457 e. The van der Waals surface area contributed by atoms with Crippen LogP contribution in [0.1, 0.15) is 13.3 Å². The van der Waals surface area contributed by atoms with Crippen LogP contribution < -0.4 is 0 Å². The third-order valence-corrected chi connectivity index (χ3v) is 1.86. The second-order valence-electron chi connectivity index (χ2n) is 3.05. The quantitative estimate of drug-likeness (QED) is 0.504. The molecule has 2 atom stereocenters. The Balaban J connectivity index is 2.32. The highest BCUT2D eigenvalue weighted by Gasteiger charge is 2.28. The van der Waals surface area contributed by atoms with Crippen LogP contribution in [0.3, 0.4) is 0 Å². The monoisotopic (exact) mass is 144 g/mol. The fraction of sp³-hybridized carbons (Fsp3) is 1.00. The summed E-state index contributed by atoms with van der Waals surface area (Å²) >= 11 is 0. The maximum absolute atomic E-state index is 8.77. The predicted molar refractivity (Wildman–Crippen MR) is 38.5 cm³/mol. The molecule has 1 rings (SSSR count). The molecule has 1 aliphatic rings. The zero-order valence-electron chi connectivity index (χ0n) is 6.16. The maximum Gasteiger partial charge on any atom is 0.457 e. The summed E-state index contributed by atoms with van der Waals surface area (Å²) in [5.74, 6) is 0.379. The summed E-state index contributed by atoms with van der Waals surface area (Å²) in [6.45, 7) is 3.29. The standard InChI is InChI=1S/C6H13BO3/c1-5-2-6(7(8)9)4-10-3-5/h5-6,8-9H,2-4H2,1H3. The molecule has 58 valence electrons. The zero-order valence-corrected chi connectivity index (χ0v) is 6.16. The van der Waals surface area contributed by atoms with Gasteiger partial charge in [-0.3, -0.25) is 0 Å². The Kier molecular flexibility index (Phi) is 2.71. The molecule has 2 unspecified atom stereocenters. The summed E-state index contributed by atoms with van der Waals surface area (Å²) in [6.07, 6.45) is 0.859. The van der Waals surface area contributed by atoms with Crippen molar-refractivity contribution >= 4 is 7.12 Å². The lowest BCUT2D eigenvalue weighted by molar-refractivity contribution is 0.0538. The minimum Gasteiger partial charge on any atom is -0.427 e. The third-order valence-electron chi connectivity index (χ3n) is 1.86. The fourth-order valence-electron chi connectivity index (χ4n) is 1.28. The second kappa shape index (κ2) is 3.37. The van der Waals surface area contributed by atoms with Gasteiger partial charge in [-0.05, 0) is 12.3 Å². The molecule has 4 heteroatoms. The van der Waals surface area contributed by atoms with Gasteiger partial charge in [-0.2, -0.15) is 0 Å². The highest BCUT2D eigenvalue weighted by Crippen LogP contribution is 2.24. The first-order valence-corrected chi connectivity index (χ1v) is 3.64. The van der Waals surface area contributed by atoms with Crippen molar-refractivity contribution in [3.05, 3.63) is 0 Å². The molecule has 0 bridgehead atoms. The minimum atomic E-state index is -1.21. The number of hydrogen-bond acceptors (Lipinski definition) is 3. The Hall–Kier alpha value is -0.0551. The number of ether oxygens (including phenoxy) is 1. The van der Waals surface area contributed by atoms with Gasteiger partial charge in [-0.25, -0.2) is 0 Å². The van der Waals surface area contributed by atoms with Gasteiger partial charge in [0.15, 0.2) is 0 Å². The van der Waals surface area contributed by atoms with Gasteiger partial charge < -0.3 is 14.8 Å². The first kappa shape index (κ1) is 8.05. The highest BCUT2D eigenvalue weighted by molar-refractivity contribution is 6.43. The average molecular weight is 144 g/mol. The molecular formula is C6H13BO3. The molecule has 0 aromatic rings. The van der Waals surface area contributed by atoms with Gasteiger partial charge in [0, 0.05) is 19.0 Å². The van der Waals surface area contributed by atoms with Crippen molar-refractivity contribution in [1.29, 1.82) is 0 Å². The van der Waals surface area contributed by atoms with E-state index in [0.29, 0.717) is 12.5 Å². The van der Waals surface area contributed by atoms with Gasteiger partial charge in [-0.15, -0.1) is 0 Å². The molecule has 2 N–H and O–H groups in total. The molecule has 3 nitrogen and oxygen atoms in total. The molecule has 1 heterocycles. The van der Waals surface area contributed by atoms with Crippen LogP contribution >= 0.6 is 0 Å². The third kappa shape index (κ3) is 1.97. The second-order valence-corrected chi connectivity index (χ2v) is 3.05. The van der Waals surface area contributed by atoms with E-state index in [1.165, 1.54) is 0 Å². The molecule has 10 heavy (non-hydrogen) atoms. The van der Waals surface area contributed by atoms with Crippen LogP contribution in [0.5, 0.6) is 0 Å². The molecular weight excluding hydrogens is 131 g/mol. The van der Waals surface area contributed by atoms with Crippen molar-refractivity contribution < 1.29 is 14.8 Å². The first-order chi connectivity index (χ1) is 4.70. The molecule has 0 aromatic carbocycles. The van der Waals surface area contributed by atoms with Crippen LogP contribution in [-0.2, 0) is 4.74 Å². The molecule has 0 radical (unpaired) electrons. The minimum absolute atomic E-state index is 0.0799. The van der Waals surface area contributed by atoms with E-state index in [0.717, 1.165) is 13.0 Å². The lowest BCUT2D eigenvalue weighted by Gasteiger charge is -2.25. The molecule has 0 aliphatic carbocycles. The molecule has 0 aromatic heterocycles. The SMILES string of the molecule is CC1COCC(B(O)O)C1. The van der Waals surface area contributed by atoms with Crippen LogP contribution in [0.15, 0.2) is 0 Å². The van der Waals surface area contributed by atoms with Crippen molar-refractivity contribution in [3.8, 4) is 0 Å². The van der Waals surface area contributed by atoms with Gasteiger partial charge in [0.2, 0.25) is 0 Å². The van der Waals surface area contributed by atoms with E-state index in [2.05, 4.69) is 6.92 Å². The van der Waals surface area contributed by atoms with Crippen LogP contribution in [0, 0.1) is 5.92 Å². The molecule has 1 saturated heterocycles. The predicted octanol–water partition coefficient (Wildman–Crippen LogP) is -0.114. The summed E-state index contributed by atoms with van der Waals surface area (Å²) in [6, 6.07) is 0. The summed E-state index contributed by atoms with van der Waals surface area (Å²) in [4.78, 5) is 0. The lowest BCUT2D eigenvalue weighted by atomic mass is 9.68. The van der Waals surface area contributed by atoms with Crippen molar-refractivity contribution in [2.45, 2.75) is 19.2 Å². The topological polar surface area (TPSA) is 49.7 Å². The van der Waals surface area contributed by atoms with Crippen molar-refractivity contribution in [2.24, 2.45) is 5.92 Å². The highest BCUT2D eigenvalue weighted by atomic mass is 16.5. The Labute approximate surface area is 61.2 Å². The van der Waals surface area contributed by atoms with E-state index in [1.54, 1.807) is 0 Å².